The Balaban J connectivity index is 1.53. The minimum absolute atomic E-state index is 0.384. The smallest absolute Gasteiger partial charge is 0.124 e. The van der Waals surface area contributed by atoms with Crippen LogP contribution >= 0.6 is 0 Å². The van der Waals surface area contributed by atoms with E-state index in [4.69, 9.17) is 14.2 Å². The van der Waals surface area contributed by atoms with Gasteiger partial charge in [-0.15, -0.1) is 0 Å². The molecule has 0 radical (unpaired) electrons. The highest BCUT2D eigenvalue weighted by Gasteiger charge is 2.19. The molecule has 2 aliphatic heterocycles. The molecule has 4 rings (SSSR count). The summed E-state index contributed by atoms with van der Waals surface area (Å²) in [5.74, 6) is 1.19. The number of morpholine rings is 2. The zero-order valence-electron chi connectivity index (χ0n) is 16.9. The van der Waals surface area contributed by atoms with Gasteiger partial charge in [0.15, 0.2) is 0 Å². The molecule has 0 atom stereocenters. The molecule has 0 amide bonds. The first-order valence-corrected chi connectivity index (χ1v) is 10.4. The van der Waals surface area contributed by atoms with Crippen LogP contribution in [0.15, 0.2) is 42.5 Å². The summed E-state index contributed by atoms with van der Waals surface area (Å²) in [6, 6.07) is 14.1. The minimum Gasteiger partial charge on any atom is -0.507 e. The van der Waals surface area contributed by atoms with Gasteiger partial charge in [-0.1, -0.05) is 30.3 Å². The highest BCUT2D eigenvalue weighted by atomic mass is 16.5. The second-order valence-electron chi connectivity index (χ2n) is 7.64. The Morgan fingerprint density at radius 1 is 0.793 bits per heavy atom. The predicted octanol–water partition coefficient (Wildman–Crippen LogP) is 2.64. The molecule has 2 fully saturated rings. The van der Waals surface area contributed by atoms with Crippen molar-refractivity contribution in [1.29, 1.82) is 0 Å². The molecule has 0 unspecified atom stereocenters. The first kappa shape index (κ1) is 20.2. The Morgan fingerprint density at radius 3 is 1.83 bits per heavy atom. The van der Waals surface area contributed by atoms with E-state index in [1.807, 2.05) is 30.3 Å². The molecule has 0 bridgehead atoms. The number of nitrogens with zero attached hydrogens (tertiary/aromatic N) is 2. The van der Waals surface area contributed by atoms with Crippen LogP contribution in [0, 0.1) is 0 Å². The van der Waals surface area contributed by atoms with Gasteiger partial charge in [-0.05, 0) is 17.7 Å². The van der Waals surface area contributed by atoms with Gasteiger partial charge in [0.2, 0.25) is 0 Å². The van der Waals surface area contributed by atoms with E-state index >= 15 is 0 Å². The highest BCUT2D eigenvalue weighted by molar-refractivity contribution is 5.46. The summed E-state index contributed by atoms with van der Waals surface area (Å²) in [6.07, 6.45) is 0. The van der Waals surface area contributed by atoms with E-state index in [2.05, 4.69) is 21.9 Å². The number of hydrogen-bond donors (Lipinski definition) is 1. The van der Waals surface area contributed by atoms with E-state index < -0.39 is 0 Å². The molecule has 29 heavy (non-hydrogen) atoms. The number of hydrogen-bond acceptors (Lipinski definition) is 6. The molecule has 2 aliphatic rings. The Labute approximate surface area is 172 Å². The van der Waals surface area contributed by atoms with E-state index in [1.54, 1.807) is 0 Å². The maximum atomic E-state index is 11.0. The molecule has 6 nitrogen and oxygen atoms in total. The SMILES string of the molecule is Oc1c(CN2CCOCC2)cc(OCc2ccccc2)cc1CN1CCOCC1. The second kappa shape index (κ2) is 10.1. The second-order valence-corrected chi connectivity index (χ2v) is 7.64. The van der Waals surface area contributed by atoms with Crippen molar-refractivity contribution >= 4 is 0 Å². The van der Waals surface area contributed by atoms with Crippen molar-refractivity contribution in [3.8, 4) is 11.5 Å². The standard InChI is InChI=1S/C23H30N2O4/c26-23-20(16-24-6-10-27-11-7-24)14-22(29-18-19-4-2-1-3-5-19)15-21(23)17-25-8-12-28-13-9-25/h1-5,14-15,26H,6-13,16-18H2. The number of aromatic hydroxyl groups is 1. The number of rotatable bonds is 7. The molecule has 0 aromatic heterocycles. The number of phenols is 1. The molecule has 2 saturated heterocycles. The first-order chi connectivity index (χ1) is 14.3. The van der Waals surface area contributed by atoms with Crippen molar-refractivity contribution in [2.45, 2.75) is 19.7 Å². The molecule has 6 heteroatoms. The van der Waals surface area contributed by atoms with Crippen molar-refractivity contribution in [2.75, 3.05) is 52.6 Å². The molecule has 156 valence electrons. The van der Waals surface area contributed by atoms with Crippen molar-refractivity contribution < 1.29 is 19.3 Å². The lowest BCUT2D eigenvalue weighted by Gasteiger charge is -2.29. The van der Waals surface area contributed by atoms with Crippen LogP contribution < -0.4 is 4.74 Å². The monoisotopic (exact) mass is 398 g/mol. The van der Waals surface area contributed by atoms with Crippen molar-refractivity contribution in [1.82, 2.24) is 9.80 Å². The van der Waals surface area contributed by atoms with E-state index in [0.717, 1.165) is 75.0 Å². The summed E-state index contributed by atoms with van der Waals surface area (Å²) in [5, 5.41) is 11.0. The van der Waals surface area contributed by atoms with Gasteiger partial charge in [0.25, 0.3) is 0 Å². The van der Waals surface area contributed by atoms with Crippen LogP contribution in [0.25, 0.3) is 0 Å². The average molecular weight is 399 g/mol. The predicted molar refractivity (Wildman–Crippen MR) is 111 cm³/mol. The number of benzene rings is 2. The summed E-state index contributed by atoms with van der Waals surface area (Å²) in [6.45, 7) is 8.41. The maximum absolute atomic E-state index is 11.0. The molecule has 1 N–H and O–H groups in total. The van der Waals surface area contributed by atoms with Gasteiger partial charge >= 0.3 is 0 Å². The normalized spacial score (nSPS) is 18.6. The van der Waals surface area contributed by atoms with Crippen LogP contribution in [0.3, 0.4) is 0 Å². The minimum atomic E-state index is 0.384. The van der Waals surface area contributed by atoms with Gasteiger partial charge in [0.05, 0.1) is 26.4 Å². The fourth-order valence-electron chi connectivity index (χ4n) is 3.79. The summed E-state index contributed by atoms with van der Waals surface area (Å²) in [7, 11) is 0. The van der Waals surface area contributed by atoms with Crippen LogP contribution in [-0.4, -0.2) is 67.5 Å². The van der Waals surface area contributed by atoms with E-state index in [0.29, 0.717) is 25.4 Å². The lowest BCUT2D eigenvalue weighted by molar-refractivity contribution is 0.0327. The van der Waals surface area contributed by atoms with E-state index in [-0.39, 0.29) is 0 Å². The van der Waals surface area contributed by atoms with Crippen LogP contribution in [-0.2, 0) is 29.2 Å². The van der Waals surface area contributed by atoms with Gasteiger partial charge in [-0.3, -0.25) is 9.80 Å². The third-order valence-corrected chi connectivity index (χ3v) is 5.48. The molecular weight excluding hydrogens is 368 g/mol. The van der Waals surface area contributed by atoms with E-state index in [9.17, 15) is 5.11 Å². The maximum Gasteiger partial charge on any atom is 0.124 e. The molecule has 0 aliphatic carbocycles. The Morgan fingerprint density at radius 2 is 1.31 bits per heavy atom. The molecule has 0 saturated carbocycles. The van der Waals surface area contributed by atoms with Crippen molar-refractivity contribution in [3.05, 3.63) is 59.2 Å². The summed E-state index contributed by atoms with van der Waals surface area (Å²) < 4.78 is 17.0. The number of ether oxygens (including phenoxy) is 3. The van der Waals surface area contributed by atoms with Crippen LogP contribution in [0.4, 0.5) is 0 Å². The Kier molecular flexibility index (Phi) is 7.00. The summed E-state index contributed by atoms with van der Waals surface area (Å²) >= 11 is 0. The van der Waals surface area contributed by atoms with Gasteiger partial charge in [0, 0.05) is 50.4 Å². The lowest BCUT2D eigenvalue weighted by atomic mass is 10.1. The van der Waals surface area contributed by atoms with Gasteiger partial charge in [-0.25, -0.2) is 0 Å². The van der Waals surface area contributed by atoms with Crippen LogP contribution in [0.5, 0.6) is 11.5 Å². The summed E-state index contributed by atoms with van der Waals surface area (Å²) in [4.78, 5) is 4.64. The van der Waals surface area contributed by atoms with Gasteiger partial charge < -0.3 is 19.3 Å². The Bertz CT molecular complexity index is 731. The lowest BCUT2D eigenvalue weighted by Crippen LogP contribution is -2.36. The molecular formula is C23H30N2O4. The topological polar surface area (TPSA) is 54.4 Å². The molecule has 2 heterocycles. The molecule has 2 aromatic rings. The van der Waals surface area contributed by atoms with Crippen molar-refractivity contribution in [3.63, 3.8) is 0 Å². The third kappa shape index (κ3) is 5.70. The van der Waals surface area contributed by atoms with Crippen LogP contribution in [0.2, 0.25) is 0 Å². The number of phenolic OH excluding ortho intramolecular Hbond substituents is 1. The van der Waals surface area contributed by atoms with Gasteiger partial charge in [0.1, 0.15) is 18.1 Å². The van der Waals surface area contributed by atoms with Gasteiger partial charge in [-0.2, -0.15) is 0 Å². The first-order valence-electron chi connectivity index (χ1n) is 10.4. The van der Waals surface area contributed by atoms with Crippen molar-refractivity contribution in [2.24, 2.45) is 0 Å². The quantitative estimate of drug-likeness (QED) is 0.774. The van der Waals surface area contributed by atoms with E-state index in [1.165, 1.54) is 0 Å². The zero-order chi connectivity index (χ0) is 19.9. The summed E-state index contributed by atoms with van der Waals surface area (Å²) in [5.41, 5.74) is 2.96. The fourth-order valence-corrected chi connectivity index (χ4v) is 3.79. The highest BCUT2D eigenvalue weighted by Crippen LogP contribution is 2.31. The Hall–Kier alpha value is -2.12. The van der Waals surface area contributed by atoms with Crippen LogP contribution in [0.1, 0.15) is 16.7 Å². The third-order valence-electron chi connectivity index (χ3n) is 5.48. The zero-order valence-corrected chi connectivity index (χ0v) is 16.9. The fraction of sp³-hybridized carbons (Fsp3) is 0.478. The largest absolute Gasteiger partial charge is 0.507 e. The molecule has 0 spiro atoms. The average Bonchev–Trinajstić information content (AvgIpc) is 2.77. The molecule has 2 aromatic carbocycles.